The fourth-order valence-electron chi connectivity index (χ4n) is 3.97. The van der Waals surface area contributed by atoms with E-state index in [0.717, 1.165) is 33.0 Å². The molecule has 132 valence electrons. The topological polar surface area (TPSA) is 38.9 Å². The van der Waals surface area contributed by atoms with Gasteiger partial charge in [0.1, 0.15) is 5.58 Å². The van der Waals surface area contributed by atoms with Crippen LogP contribution in [0.3, 0.4) is 0 Å². The first-order valence-electron chi connectivity index (χ1n) is 9.05. The van der Waals surface area contributed by atoms with Crippen molar-refractivity contribution in [2.75, 3.05) is 0 Å². The molecule has 2 heterocycles. The van der Waals surface area contributed by atoms with Gasteiger partial charge in [-0.1, -0.05) is 66.7 Å². The maximum absolute atomic E-state index is 6.22. The molecule has 3 nitrogen and oxygen atoms in total. The Morgan fingerprint density at radius 3 is 2.36 bits per heavy atom. The zero-order valence-electron chi connectivity index (χ0n) is 14.7. The molecule has 0 atom stereocenters. The quantitative estimate of drug-likeness (QED) is 0.227. The first-order valence-corrected chi connectivity index (χ1v) is 9.42. The second kappa shape index (κ2) is 5.78. The molecule has 0 amide bonds. The lowest BCUT2D eigenvalue weighted by Crippen LogP contribution is -1.90. The van der Waals surface area contributed by atoms with Gasteiger partial charge in [-0.15, -0.1) is 0 Å². The number of hydrogen-bond donors (Lipinski definition) is 0. The second-order valence-corrected chi connectivity index (χ2v) is 7.18. The molecule has 0 saturated heterocycles. The number of rotatable bonds is 1. The highest BCUT2D eigenvalue weighted by Crippen LogP contribution is 2.37. The Kier molecular flexibility index (Phi) is 3.22. The lowest BCUT2D eigenvalue weighted by atomic mass is 9.98. The molecule has 0 aliphatic carbocycles. The van der Waals surface area contributed by atoms with Gasteiger partial charge in [-0.25, -0.2) is 4.98 Å². The fourth-order valence-corrected chi connectivity index (χ4v) is 4.13. The van der Waals surface area contributed by atoms with Crippen LogP contribution in [0.15, 0.2) is 83.3 Å². The van der Waals surface area contributed by atoms with Gasteiger partial charge in [0.15, 0.2) is 0 Å². The average molecular weight is 381 g/mol. The first-order chi connectivity index (χ1) is 13.8. The van der Waals surface area contributed by atoms with Crippen LogP contribution < -0.4 is 0 Å². The van der Waals surface area contributed by atoms with E-state index in [1.165, 1.54) is 16.2 Å². The van der Waals surface area contributed by atoms with Crippen LogP contribution in [0.4, 0.5) is 0 Å². The average Bonchev–Trinajstić information content (AvgIpc) is 3.10. The third-order valence-electron chi connectivity index (χ3n) is 5.23. The minimum absolute atomic E-state index is 0.181. The number of nitrogens with zero attached hydrogens (tertiary/aromatic N) is 2. The predicted molar refractivity (Wildman–Crippen MR) is 115 cm³/mol. The maximum Gasteiger partial charge on any atom is 0.232 e. The van der Waals surface area contributed by atoms with Crippen LogP contribution in [0.25, 0.3) is 54.9 Å². The summed E-state index contributed by atoms with van der Waals surface area (Å²) in [7, 11) is 0. The number of benzene rings is 4. The van der Waals surface area contributed by atoms with Gasteiger partial charge in [0, 0.05) is 10.9 Å². The molecule has 0 saturated carbocycles. The van der Waals surface area contributed by atoms with Crippen LogP contribution in [0, 0.1) is 0 Å². The summed E-state index contributed by atoms with van der Waals surface area (Å²) in [6, 6.07) is 27.0. The van der Waals surface area contributed by atoms with E-state index in [0.29, 0.717) is 5.71 Å². The van der Waals surface area contributed by atoms with Crippen molar-refractivity contribution in [1.29, 1.82) is 0 Å². The SMILES string of the molecule is Clc1nc(-c2ccc3c(ccc4ccccc43)c2)c2c(n1)oc1ccccc12. The summed E-state index contributed by atoms with van der Waals surface area (Å²) in [5.74, 6) is 0. The lowest BCUT2D eigenvalue weighted by Gasteiger charge is -2.08. The summed E-state index contributed by atoms with van der Waals surface area (Å²) in [4.78, 5) is 8.85. The standard InChI is InChI=1S/C24H13ClN2O/c25-24-26-22(21-19-7-3-4-8-20(19)28-23(21)27-24)16-11-12-18-15(13-16)10-9-14-5-1-2-6-17(14)18/h1-13H. The Hall–Kier alpha value is -3.43. The molecule has 0 unspecified atom stereocenters. The molecule has 28 heavy (non-hydrogen) atoms. The Morgan fingerprint density at radius 1 is 0.679 bits per heavy atom. The highest BCUT2D eigenvalue weighted by Gasteiger charge is 2.17. The number of para-hydroxylation sites is 1. The lowest BCUT2D eigenvalue weighted by molar-refractivity contribution is 0.653. The minimum Gasteiger partial charge on any atom is -0.438 e. The predicted octanol–water partition coefficient (Wildman–Crippen LogP) is 7.00. The van der Waals surface area contributed by atoms with Crippen molar-refractivity contribution < 1.29 is 4.42 Å². The summed E-state index contributed by atoms with van der Waals surface area (Å²) in [5, 5.41) is 6.91. The second-order valence-electron chi connectivity index (χ2n) is 6.84. The van der Waals surface area contributed by atoms with Crippen LogP contribution in [0.5, 0.6) is 0 Å². The van der Waals surface area contributed by atoms with Gasteiger partial charge in [0.25, 0.3) is 0 Å². The van der Waals surface area contributed by atoms with E-state index >= 15 is 0 Å². The van der Waals surface area contributed by atoms with Gasteiger partial charge < -0.3 is 4.42 Å². The van der Waals surface area contributed by atoms with Crippen LogP contribution in [-0.2, 0) is 0 Å². The van der Waals surface area contributed by atoms with E-state index in [4.69, 9.17) is 16.0 Å². The number of hydrogen-bond acceptors (Lipinski definition) is 3. The smallest absolute Gasteiger partial charge is 0.232 e. The molecule has 0 aliphatic heterocycles. The molecule has 0 bridgehead atoms. The Morgan fingerprint density at radius 2 is 1.43 bits per heavy atom. The highest BCUT2D eigenvalue weighted by atomic mass is 35.5. The number of furan rings is 1. The van der Waals surface area contributed by atoms with Crippen LogP contribution >= 0.6 is 11.6 Å². The van der Waals surface area contributed by atoms with Crippen molar-refractivity contribution in [1.82, 2.24) is 9.97 Å². The third kappa shape index (κ3) is 2.23. The van der Waals surface area contributed by atoms with Crippen molar-refractivity contribution in [3.05, 3.63) is 84.1 Å². The zero-order chi connectivity index (χ0) is 18.7. The van der Waals surface area contributed by atoms with E-state index in [1.54, 1.807) is 0 Å². The van der Waals surface area contributed by atoms with Crippen molar-refractivity contribution in [3.8, 4) is 11.3 Å². The van der Waals surface area contributed by atoms with Crippen molar-refractivity contribution in [3.63, 3.8) is 0 Å². The van der Waals surface area contributed by atoms with E-state index in [2.05, 4.69) is 64.6 Å². The van der Waals surface area contributed by atoms with Crippen molar-refractivity contribution >= 4 is 55.2 Å². The normalized spacial score (nSPS) is 11.8. The Bertz CT molecular complexity index is 1530. The molecule has 0 spiro atoms. The van der Waals surface area contributed by atoms with Crippen LogP contribution in [-0.4, -0.2) is 9.97 Å². The van der Waals surface area contributed by atoms with Gasteiger partial charge in [0.2, 0.25) is 11.0 Å². The van der Waals surface area contributed by atoms with Crippen molar-refractivity contribution in [2.45, 2.75) is 0 Å². The number of aromatic nitrogens is 2. The summed E-state index contributed by atoms with van der Waals surface area (Å²) >= 11 is 6.22. The molecule has 0 N–H and O–H groups in total. The van der Waals surface area contributed by atoms with Crippen LogP contribution in [0.1, 0.15) is 0 Å². The zero-order valence-corrected chi connectivity index (χ0v) is 15.4. The molecule has 4 aromatic carbocycles. The summed E-state index contributed by atoms with van der Waals surface area (Å²) in [6.07, 6.45) is 0. The highest BCUT2D eigenvalue weighted by molar-refractivity contribution is 6.29. The third-order valence-corrected chi connectivity index (χ3v) is 5.40. The van der Waals surface area contributed by atoms with Gasteiger partial charge in [-0.3, -0.25) is 0 Å². The van der Waals surface area contributed by atoms with Gasteiger partial charge in [0.05, 0.1) is 11.1 Å². The van der Waals surface area contributed by atoms with Gasteiger partial charge in [-0.05, 0) is 45.3 Å². The van der Waals surface area contributed by atoms with Gasteiger partial charge >= 0.3 is 0 Å². The molecule has 6 aromatic rings. The summed E-state index contributed by atoms with van der Waals surface area (Å²) in [6.45, 7) is 0. The molecule has 4 heteroatoms. The summed E-state index contributed by atoms with van der Waals surface area (Å²) in [5.41, 5.74) is 3.07. The van der Waals surface area contributed by atoms with E-state index in [-0.39, 0.29) is 5.28 Å². The summed E-state index contributed by atoms with van der Waals surface area (Å²) < 4.78 is 5.90. The molecule has 6 rings (SSSR count). The van der Waals surface area contributed by atoms with E-state index < -0.39 is 0 Å². The van der Waals surface area contributed by atoms with E-state index in [9.17, 15) is 0 Å². The Labute approximate surface area is 165 Å². The van der Waals surface area contributed by atoms with E-state index in [1.807, 2.05) is 24.3 Å². The molecule has 0 radical (unpaired) electrons. The molecule has 0 fully saturated rings. The first kappa shape index (κ1) is 15.6. The van der Waals surface area contributed by atoms with Crippen molar-refractivity contribution in [2.24, 2.45) is 0 Å². The largest absolute Gasteiger partial charge is 0.438 e. The molecular weight excluding hydrogens is 368 g/mol. The number of halogens is 1. The monoisotopic (exact) mass is 380 g/mol. The molecular formula is C24H13ClN2O. The van der Waals surface area contributed by atoms with Crippen LogP contribution in [0.2, 0.25) is 5.28 Å². The van der Waals surface area contributed by atoms with Gasteiger partial charge in [-0.2, -0.15) is 4.98 Å². The molecule has 0 aliphatic rings. The maximum atomic E-state index is 6.22. The minimum atomic E-state index is 0.181. The fraction of sp³-hybridized carbons (Fsp3) is 0. The Balaban J connectivity index is 1.69. The number of fused-ring (bicyclic) bond motifs is 6. The molecule has 2 aromatic heterocycles.